The summed E-state index contributed by atoms with van der Waals surface area (Å²) in [6.07, 6.45) is -3.57. The SMILES string of the molecule is CC(C)(C)OC(=O)N(C(=O)OC(C)(C)C)c1nc(CBr)c2ccccc2n1.Cc1nc(N(C(=O)OC(C)(C)C)C(=O)OC(C)(C)C)nc2ccccc12. The Bertz CT molecular complexity index is 1920. The van der Waals surface area contributed by atoms with Crippen LogP contribution in [0, 0.1) is 6.92 Å². The van der Waals surface area contributed by atoms with Crippen LogP contribution in [0.2, 0.25) is 0 Å². The summed E-state index contributed by atoms with van der Waals surface area (Å²) < 4.78 is 21.4. The first kappa shape index (κ1) is 42.5. The van der Waals surface area contributed by atoms with Gasteiger partial charge in [-0.1, -0.05) is 52.3 Å². The molecule has 0 spiro atoms. The van der Waals surface area contributed by atoms with Crippen LogP contribution in [0.15, 0.2) is 48.5 Å². The van der Waals surface area contributed by atoms with E-state index in [9.17, 15) is 19.2 Å². The van der Waals surface area contributed by atoms with E-state index in [1.165, 1.54) is 0 Å². The summed E-state index contributed by atoms with van der Waals surface area (Å²) in [6.45, 7) is 22.3. The molecule has 14 nitrogen and oxygen atoms in total. The Hall–Kier alpha value is -4.92. The lowest BCUT2D eigenvalue weighted by Crippen LogP contribution is -2.44. The molecule has 0 radical (unpaired) electrons. The Kier molecular flexibility index (Phi) is 13.1. The second-order valence-electron chi connectivity index (χ2n) is 15.8. The molecule has 286 valence electrons. The fourth-order valence-corrected chi connectivity index (χ4v) is 4.78. The molecule has 0 atom stereocenters. The minimum atomic E-state index is -0.896. The summed E-state index contributed by atoms with van der Waals surface area (Å²) in [6, 6.07) is 14.7. The minimum absolute atomic E-state index is 0.0790. The first-order valence-electron chi connectivity index (χ1n) is 16.9. The topological polar surface area (TPSA) is 163 Å². The summed E-state index contributed by atoms with van der Waals surface area (Å²) >= 11 is 3.39. The summed E-state index contributed by atoms with van der Waals surface area (Å²) in [4.78, 5) is 69.7. The quantitative estimate of drug-likeness (QED) is 0.143. The predicted molar refractivity (Wildman–Crippen MR) is 206 cm³/mol. The number of nitrogens with zero attached hydrogens (tertiary/aromatic N) is 6. The Balaban J connectivity index is 0.000000286. The molecular weight excluding hydrogens is 748 g/mol. The van der Waals surface area contributed by atoms with E-state index in [2.05, 4.69) is 35.9 Å². The molecule has 15 heteroatoms. The third kappa shape index (κ3) is 12.6. The van der Waals surface area contributed by atoms with Crippen molar-refractivity contribution in [3.05, 3.63) is 59.9 Å². The van der Waals surface area contributed by atoms with Gasteiger partial charge in [-0.15, -0.1) is 9.80 Å². The first-order chi connectivity index (χ1) is 24.3. The molecule has 0 aliphatic carbocycles. The van der Waals surface area contributed by atoms with Gasteiger partial charge in [0, 0.05) is 16.1 Å². The van der Waals surface area contributed by atoms with Crippen LogP contribution in [0.4, 0.5) is 31.1 Å². The molecule has 2 heterocycles. The maximum Gasteiger partial charge on any atom is 0.427 e. The van der Waals surface area contributed by atoms with Crippen molar-refractivity contribution in [2.45, 2.75) is 118 Å². The lowest BCUT2D eigenvalue weighted by atomic mass is 10.2. The number of aromatic nitrogens is 4. The number of carbonyl (C=O) groups is 4. The van der Waals surface area contributed by atoms with Gasteiger partial charge in [-0.3, -0.25) is 0 Å². The van der Waals surface area contributed by atoms with Crippen LogP contribution in [-0.2, 0) is 24.3 Å². The molecule has 4 rings (SSSR count). The van der Waals surface area contributed by atoms with E-state index >= 15 is 0 Å². The van der Waals surface area contributed by atoms with E-state index in [-0.39, 0.29) is 11.9 Å². The molecule has 0 saturated heterocycles. The van der Waals surface area contributed by atoms with Crippen molar-refractivity contribution in [1.82, 2.24) is 19.9 Å². The summed E-state index contributed by atoms with van der Waals surface area (Å²) in [7, 11) is 0. The number of amides is 4. The third-order valence-corrected chi connectivity index (χ3v) is 6.81. The lowest BCUT2D eigenvalue weighted by molar-refractivity contribution is 0.0405. The minimum Gasteiger partial charge on any atom is -0.443 e. The molecule has 0 N–H and O–H groups in total. The fourth-order valence-electron chi connectivity index (χ4n) is 4.36. The number of hydrogen-bond donors (Lipinski definition) is 0. The second kappa shape index (κ2) is 16.4. The van der Waals surface area contributed by atoms with Gasteiger partial charge in [-0.25, -0.2) is 39.1 Å². The van der Waals surface area contributed by atoms with Crippen molar-refractivity contribution in [3.8, 4) is 0 Å². The molecule has 0 aliphatic rings. The number of para-hydroxylation sites is 2. The summed E-state index contributed by atoms with van der Waals surface area (Å²) in [5.74, 6) is -0.170. The van der Waals surface area contributed by atoms with Crippen LogP contribution in [-0.4, -0.2) is 66.7 Å². The van der Waals surface area contributed by atoms with Crippen LogP contribution < -0.4 is 9.80 Å². The van der Waals surface area contributed by atoms with E-state index in [1.807, 2.05) is 36.4 Å². The van der Waals surface area contributed by atoms with Crippen molar-refractivity contribution >= 4 is 74.0 Å². The van der Waals surface area contributed by atoms with Gasteiger partial charge in [-0.2, -0.15) is 0 Å². The summed E-state index contributed by atoms with van der Waals surface area (Å²) in [5, 5.41) is 2.09. The van der Waals surface area contributed by atoms with Crippen molar-refractivity contribution in [1.29, 1.82) is 0 Å². The van der Waals surface area contributed by atoms with E-state index in [0.29, 0.717) is 27.8 Å². The fraction of sp³-hybridized carbons (Fsp3) is 0.474. The zero-order chi connectivity index (χ0) is 40.1. The molecule has 0 bridgehead atoms. The monoisotopic (exact) mass is 796 g/mol. The molecule has 4 aromatic rings. The Morgan fingerprint density at radius 1 is 0.528 bits per heavy atom. The lowest BCUT2D eigenvalue weighted by Gasteiger charge is -2.27. The number of halogens is 1. The number of hydrogen-bond acceptors (Lipinski definition) is 12. The zero-order valence-electron chi connectivity index (χ0n) is 32.7. The van der Waals surface area contributed by atoms with Crippen molar-refractivity contribution in [3.63, 3.8) is 0 Å². The van der Waals surface area contributed by atoms with E-state index in [4.69, 9.17) is 18.9 Å². The number of alkyl halides is 1. The normalized spacial score (nSPS) is 12.0. The van der Waals surface area contributed by atoms with Crippen LogP contribution in [0.3, 0.4) is 0 Å². The maximum absolute atomic E-state index is 12.7. The molecule has 0 saturated carbocycles. The highest BCUT2D eigenvalue weighted by atomic mass is 79.9. The maximum atomic E-state index is 12.7. The average Bonchev–Trinajstić information content (AvgIpc) is 2.97. The number of carbonyl (C=O) groups excluding carboxylic acids is 4. The van der Waals surface area contributed by atoms with Crippen molar-refractivity contribution in [2.75, 3.05) is 9.80 Å². The highest BCUT2D eigenvalue weighted by molar-refractivity contribution is 9.08. The van der Waals surface area contributed by atoms with Crippen LogP contribution in [0.25, 0.3) is 21.8 Å². The molecule has 4 amide bonds. The van der Waals surface area contributed by atoms with Crippen LogP contribution in [0.1, 0.15) is 94.5 Å². The smallest absolute Gasteiger partial charge is 0.427 e. The number of aryl methyl sites for hydroxylation is 1. The summed E-state index contributed by atoms with van der Waals surface area (Å²) in [5.41, 5.74) is -0.664. The molecule has 0 fully saturated rings. The average molecular weight is 798 g/mol. The van der Waals surface area contributed by atoms with Gasteiger partial charge in [0.05, 0.1) is 22.4 Å². The standard InChI is InChI=1S/C19H24BrN3O4.C19H25N3O4/c1-18(2,3)26-16(24)23(17(25)27-19(4,5)6)15-21-13-10-8-7-9-12(13)14(11-20)22-15;1-12-13-10-8-9-11-14(13)21-15(20-12)22(16(23)25-18(2,3)4)17(24)26-19(5,6)7/h7-10H,11H2,1-6H3;8-11H,1-7H3. The number of imide groups is 2. The molecule has 0 aliphatic heterocycles. The van der Waals surface area contributed by atoms with Gasteiger partial charge in [-0.05, 0) is 102 Å². The number of anilines is 2. The van der Waals surface area contributed by atoms with Gasteiger partial charge in [0.15, 0.2) is 0 Å². The number of benzene rings is 2. The van der Waals surface area contributed by atoms with Gasteiger partial charge in [0.25, 0.3) is 0 Å². The van der Waals surface area contributed by atoms with Gasteiger partial charge < -0.3 is 18.9 Å². The Morgan fingerprint density at radius 2 is 0.849 bits per heavy atom. The van der Waals surface area contributed by atoms with Crippen LogP contribution >= 0.6 is 15.9 Å². The molecule has 2 aromatic heterocycles. The van der Waals surface area contributed by atoms with Gasteiger partial charge >= 0.3 is 24.4 Å². The molecule has 2 aromatic carbocycles. The first-order valence-corrected chi connectivity index (χ1v) is 18.0. The molecule has 0 unspecified atom stereocenters. The second-order valence-corrected chi connectivity index (χ2v) is 16.4. The highest BCUT2D eigenvalue weighted by Gasteiger charge is 2.36. The third-order valence-electron chi connectivity index (χ3n) is 6.28. The Labute approximate surface area is 318 Å². The number of ether oxygens (including phenoxy) is 4. The van der Waals surface area contributed by atoms with Crippen molar-refractivity contribution < 1.29 is 38.1 Å². The molecular formula is C38H49BrN6O8. The van der Waals surface area contributed by atoms with Gasteiger partial charge in [0.1, 0.15) is 22.4 Å². The largest absolute Gasteiger partial charge is 0.443 e. The zero-order valence-corrected chi connectivity index (χ0v) is 34.2. The highest BCUT2D eigenvalue weighted by Crippen LogP contribution is 2.26. The number of fused-ring (bicyclic) bond motifs is 2. The Morgan fingerprint density at radius 3 is 1.21 bits per heavy atom. The molecule has 53 heavy (non-hydrogen) atoms. The number of rotatable bonds is 3. The van der Waals surface area contributed by atoms with Crippen molar-refractivity contribution in [2.24, 2.45) is 0 Å². The predicted octanol–water partition coefficient (Wildman–Crippen LogP) is 9.82. The van der Waals surface area contributed by atoms with Gasteiger partial charge in [0.2, 0.25) is 11.9 Å². The van der Waals surface area contributed by atoms with Crippen LogP contribution in [0.5, 0.6) is 0 Å². The van der Waals surface area contributed by atoms with E-state index in [0.717, 1.165) is 20.6 Å². The van der Waals surface area contributed by atoms with E-state index in [1.54, 1.807) is 102 Å². The van der Waals surface area contributed by atoms with E-state index < -0.39 is 46.8 Å².